The maximum atomic E-state index is 12.0. The number of hydrogen-bond donors (Lipinski definition) is 3. The lowest BCUT2D eigenvalue weighted by Crippen LogP contribution is -2.30. The first kappa shape index (κ1) is 19.5. The maximum absolute atomic E-state index is 12.0. The molecule has 0 aliphatic carbocycles. The SMILES string of the molecule is CC(C)NC(=O)c1ccc(Cl)c(NC(=O)CCNC(=O)c2ccco2)c1. The van der Waals surface area contributed by atoms with Crippen molar-refractivity contribution in [3.05, 3.63) is 52.9 Å². The minimum atomic E-state index is -0.395. The average molecular weight is 378 g/mol. The minimum absolute atomic E-state index is 0.00556. The zero-order valence-electron chi connectivity index (χ0n) is 14.5. The molecular weight excluding hydrogens is 358 g/mol. The fourth-order valence-corrected chi connectivity index (χ4v) is 2.27. The van der Waals surface area contributed by atoms with E-state index in [-0.39, 0.29) is 36.6 Å². The molecule has 3 N–H and O–H groups in total. The van der Waals surface area contributed by atoms with Crippen molar-refractivity contribution in [3.63, 3.8) is 0 Å². The summed E-state index contributed by atoms with van der Waals surface area (Å²) in [6.07, 6.45) is 1.44. The number of halogens is 1. The molecule has 7 nitrogen and oxygen atoms in total. The van der Waals surface area contributed by atoms with Gasteiger partial charge >= 0.3 is 0 Å². The molecule has 0 fully saturated rings. The Morgan fingerprint density at radius 1 is 1.15 bits per heavy atom. The standard InChI is InChI=1S/C18H20ClN3O4/c1-11(2)21-17(24)12-5-6-13(19)14(10-12)22-16(23)7-8-20-18(25)15-4-3-9-26-15/h3-6,9-11H,7-8H2,1-2H3,(H,20,25)(H,21,24)(H,22,23). The summed E-state index contributed by atoms with van der Waals surface area (Å²) in [5.41, 5.74) is 0.731. The lowest BCUT2D eigenvalue weighted by Gasteiger charge is -2.11. The van der Waals surface area contributed by atoms with Crippen molar-refractivity contribution < 1.29 is 18.8 Å². The van der Waals surface area contributed by atoms with Gasteiger partial charge in [0.2, 0.25) is 5.91 Å². The predicted octanol–water partition coefficient (Wildman–Crippen LogP) is 2.83. The molecule has 26 heavy (non-hydrogen) atoms. The molecule has 2 rings (SSSR count). The van der Waals surface area contributed by atoms with Gasteiger partial charge in [0.05, 0.1) is 17.0 Å². The largest absolute Gasteiger partial charge is 0.459 e. The third kappa shape index (κ3) is 5.63. The molecule has 3 amide bonds. The molecule has 1 aromatic carbocycles. The van der Waals surface area contributed by atoms with Crippen LogP contribution in [0.5, 0.6) is 0 Å². The van der Waals surface area contributed by atoms with E-state index in [2.05, 4.69) is 16.0 Å². The highest BCUT2D eigenvalue weighted by atomic mass is 35.5. The van der Waals surface area contributed by atoms with Crippen LogP contribution in [0, 0.1) is 0 Å². The van der Waals surface area contributed by atoms with Crippen LogP contribution in [0.3, 0.4) is 0 Å². The number of rotatable bonds is 7. The van der Waals surface area contributed by atoms with Gasteiger partial charge in [0, 0.05) is 24.6 Å². The van der Waals surface area contributed by atoms with E-state index >= 15 is 0 Å². The second-order valence-corrected chi connectivity index (χ2v) is 6.26. The van der Waals surface area contributed by atoms with E-state index in [4.69, 9.17) is 16.0 Å². The molecule has 0 aliphatic rings. The third-order valence-electron chi connectivity index (χ3n) is 3.30. The van der Waals surface area contributed by atoms with Crippen LogP contribution in [-0.4, -0.2) is 30.3 Å². The van der Waals surface area contributed by atoms with Crippen LogP contribution in [0.1, 0.15) is 41.2 Å². The number of hydrogen-bond acceptors (Lipinski definition) is 4. The molecule has 8 heteroatoms. The highest BCUT2D eigenvalue weighted by Gasteiger charge is 2.13. The van der Waals surface area contributed by atoms with Crippen molar-refractivity contribution in [2.75, 3.05) is 11.9 Å². The lowest BCUT2D eigenvalue weighted by molar-refractivity contribution is -0.116. The van der Waals surface area contributed by atoms with Crippen LogP contribution in [0.4, 0.5) is 5.69 Å². The monoisotopic (exact) mass is 377 g/mol. The van der Waals surface area contributed by atoms with E-state index < -0.39 is 5.91 Å². The van der Waals surface area contributed by atoms with E-state index in [0.29, 0.717) is 16.3 Å². The van der Waals surface area contributed by atoms with Crippen LogP contribution in [0.15, 0.2) is 41.0 Å². The van der Waals surface area contributed by atoms with E-state index in [1.807, 2.05) is 13.8 Å². The molecule has 1 heterocycles. The molecule has 0 unspecified atom stereocenters. The van der Waals surface area contributed by atoms with Crippen LogP contribution in [0.2, 0.25) is 5.02 Å². The van der Waals surface area contributed by atoms with Gasteiger partial charge in [-0.25, -0.2) is 0 Å². The van der Waals surface area contributed by atoms with E-state index in [1.165, 1.54) is 18.4 Å². The van der Waals surface area contributed by atoms with Gasteiger partial charge in [-0.05, 0) is 44.2 Å². The van der Waals surface area contributed by atoms with Crippen molar-refractivity contribution in [3.8, 4) is 0 Å². The summed E-state index contributed by atoms with van der Waals surface area (Å²) in [4.78, 5) is 35.8. The molecule has 0 bridgehead atoms. The van der Waals surface area contributed by atoms with Crippen LogP contribution >= 0.6 is 11.6 Å². The number of carbonyl (C=O) groups excluding carboxylic acids is 3. The third-order valence-corrected chi connectivity index (χ3v) is 3.63. The Morgan fingerprint density at radius 3 is 2.58 bits per heavy atom. The van der Waals surface area contributed by atoms with Crippen molar-refractivity contribution in [2.45, 2.75) is 26.3 Å². The number of nitrogens with one attached hydrogen (secondary N) is 3. The first-order valence-electron chi connectivity index (χ1n) is 8.09. The minimum Gasteiger partial charge on any atom is -0.459 e. The topological polar surface area (TPSA) is 100 Å². The molecule has 138 valence electrons. The highest BCUT2D eigenvalue weighted by molar-refractivity contribution is 6.33. The molecular formula is C18H20ClN3O4. The van der Waals surface area contributed by atoms with Gasteiger partial charge in [-0.15, -0.1) is 0 Å². The fraction of sp³-hybridized carbons (Fsp3) is 0.278. The van der Waals surface area contributed by atoms with Gasteiger partial charge in [-0.2, -0.15) is 0 Å². The zero-order chi connectivity index (χ0) is 19.1. The number of benzene rings is 1. The summed E-state index contributed by atoms with van der Waals surface area (Å²) < 4.78 is 4.96. The number of anilines is 1. The average Bonchev–Trinajstić information content (AvgIpc) is 3.10. The fourth-order valence-electron chi connectivity index (χ4n) is 2.10. The van der Waals surface area contributed by atoms with Gasteiger partial charge < -0.3 is 20.4 Å². The van der Waals surface area contributed by atoms with Crippen molar-refractivity contribution in [1.82, 2.24) is 10.6 Å². The second kappa shape index (κ2) is 9.05. The number of furan rings is 1. The molecule has 2 aromatic rings. The molecule has 0 radical (unpaired) electrons. The molecule has 0 saturated carbocycles. The Bertz CT molecular complexity index is 788. The summed E-state index contributed by atoms with van der Waals surface area (Å²) in [5.74, 6) is -0.809. The zero-order valence-corrected chi connectivity index (χ0v) is 15.2. The molecule has 0 aliphatic heterocycles. The van der Waals surface area contributed by atoms with E-state index in [0.717, 1.165) is 0 Å². The summed E-state index contributed by atoms with van der Waals surface area (Å²) >= 11 is 6.07. The summed E-state index contributed by atoms with van der Waals surface area (Å²) in [5, 5.41) is 8.31. The summed E-state index contributed by atoms with van der Waals surface area (Å²) in [7, 11) is 0. The van der Waals surface area contributed by atoms with Gasteiger partial charge in [-0.3, -0.25) is 14.4 Å². The Hall–Kier alpha value is -2.80. The Morgan fingerprint density at radius 2 is 1.92 bits per heavy atom. The Kier molecular flexibility index (Phi) is 6.80. The van der Waals surface area contributed by atoms with Crippen molar-refractivity contribution in [1.29, 1.82) is 0 Å². The smallest absolute Gasteiger partial charge is 0.286 e. The molecule has 0 spiro atoms. The summed E-state index contributed by atoms with van der Waals surface area (Å²) in [6.45, 7) is 3.84. The quantitative estimate of drug-likeness (QED) is 0.690. The van der Waals surface area contributed by atoms with Crippen LogP contribution in [-0.2, 0) is 4.79 Å². The Balaban J connectivity index is 1.89. The summed E-state index contributed by atoms with van der Waals surface area (Å²) in [6, 6.07) is 7.77. The second-order valence-electron chi connectivity index (χ2n) is 5.85. The van der Waals surface area contributed by atoms with Crippen molar-refractivity contribution >= 4 is 35.0 Å². The number of amides is 3. The Labute approximate surface area is 156 Å². The first-order chi connectivity index (χ1) is 12.4. The maximum Gasteiger partial charge on any atom is 0.286 e. The lowest BCUT2D eigenvalue weighted by atomic mass is 10.1. The van der Waals surface area contributed by atoms with Gasteiger partial charge in [-0.1, -0.05) is 11.6 Å². The van der Waals surface area contributed by atoms with E-state index in [1.54, 1.807) is 18.2 Å². The van der Waals surface area contributed by atoms with Crippen LogP contribution < -0.4 is 16.0 Å². The number of carbonyl (C=O) groups is 3. The van der Waals surface area contributed by atoms with Gasteiger partial charge in [0.15, 0.2) is 5.76 Å². The van der Waals surface area contributed by atoms with Crippen molar-refractivity contribution in [2.24, 2.45) is 0 Å². The van der Waals surface area contributed by atoms with E-state index in [9.17, 15) is 14.4 Å². The molecule has 0 saturated heterocycles. The molecule has 1 aromatic heterocycles. The first-order valence-corrected chi connectivity index (χ1v) is 8.46. The highest BCUT2D eigenvalue weighted by Crippen LogP contribution is 2.23. The normalized spacial score (nSPS) is 10.5. The van der Waals surface area contributed by atoms with Gasteiger partial charge in [0.1, 0.15) is 0 Å². The molecule has 0 atom stereocenters. The van der Waals surface area contributed by atoms with Crippen LogP contribution in [0.25, 0.3) is 0 Å². The predicted molar refractivity (Wildman–Crippen MR) is 98.3 cm³/mol. The van der Waals surface area contributed by atoms with Gasteiger partial charge in [0.25, 0.3) is 11.8 Å².